The summed E-state index contributed by atoms with van der Waals surface area (Å²) in [4.78, 5) is 4.47. The predicted octanol–water partition coefficient (Wildman–Crippen LogP) is 5.67. The minimum Gasteiger partial charge on any atom is -0.283 e. The lowest BCUT2D eigenvalue weighted by Gasteiger charge is -2.00. The number of imidazole rings is 1. The van der Waals surface area contributed by atoms with E-state index < -0.39 is 0 Å². The molecule has 0 aliphatic heterocycles. The molecule has 0 radical (unpaired) electrons. The second-order valence-electron chi connectivity index (χ2n) is 4.72. The van der Waals surface area contributed by atoms with Crippen LogP contribution in [0.3, 0.4) is 0 Å². The molecule has 0 bridgehead atoms. The van der Waals surface area contributed by atoms with E-state index in [0.29, 0.717) is 21.6 Å². The van der Waals surface area contributed by atoms with Crippen molar-refractivity contribution in [1.29, 1.82) is 0 Å². The van der Waals surface area contributed by atoms with Gasteiger partial charge in [-0.05, 0) is 43.7 Å². The Kier molecular flexibility index (Phi) is 3.66. The second-order valence-corrected chi connectivity index (χ2v) is 5.54. The smallest absolute Gasteiger partial charge is 0.182 e. The van der Waals surface area contributed by atoms with Crippen LogP contribution in [0.4, 0.5) is 11.5 Å². The van der Waals surface area contributed by atoms with E-state index in [-0.39, 0.29) is 0 Å². The summed E-state index contributed by atoms with van der Waals surface area (Å²) in [7, 11) is 0. The molecule has 0 aliphatic rings. The molecule has 21 heavy (non-hydrogen) atoms. The summed E-state index contributed by atoms with van der Waals surface area (Å²) in [6.07, 6.45) is 1.92. The maximum atomic E-state index is 6.09. The minimum atomic E-state index is 0.460. The SMILES string of the molecule is Cc1ccn2c(N=Nc3c(Cl)cccc3Cl)c(C)nc2c1. The van der Waals surface area contributed by atoms with Gasteiger partial charge in [0, 0.05) is 6.20 Å². The third-order valence-corrected chi connectivity index (χ3v) is 3.72. The van der Waals surface area contributed by atoms with Gasteiger partial charge in [0.1, 0.15) is 11.3 Å². The van der Waals surface area contributed by atoms with Gasteiger partial charge in [0.05, 0.1) is 15.7 Å². The van der Waals surface area contributed by atoms with E-state index >= 15 is 0 Å². The van der Waals surface area contributed by atoms with Crippen molar-refractivity contribution in [1.82, 2.24) is 9.38 Å². The van der Waals surface area contributed by atoms with Crippen LogP contribution >= 0.6 is 23.2 Å². The van der Waals surface area contributed by atoms with E-state index in [1.807, 2.05) is 36.6 Å². The van der Waals surface area contributed by atoms with Crippen LogP contribution in [0.15, 0.2) is 46.8 Å². The zero-order chi connectivity index (χ0) is 15.0. The Hall–Kier alpha value is -1.91. The zero-order valence-electron chi connectivity index (χ0n) is 11.5. The van der Waals surface area contributed by atoms with Crippen molar-refractivity contribution in [3.63, 3.8) is 0 Å². The van der Waals surface area contributed by atoms with E-state index in [9.17, 15) is 0 Å². The molecule has 1 aromatic carbocycles. The van der Waals surface area contributed by atoms with Crippen LogP contribution in [0.1, 0.15) is 11.3 Å². The van der Waals surface area contributed by atoms with E-state index in [2.05, 4.69) is 15.2 Å². The standard InChI is InChI=1S/C15H12Cl2N4/c1-9-6-7-21-13(8-9)18-10(2)15(21)20-19-14-11(16)4-3-5-12(14)17/h3-8H,1-2H3. The molecule has 0 fully saturated rings. The Labute approximate surface area is 132 Å². The predicted molar refractivity (Wildman–Crippen MR) is 85.3 cm³/mol. The zero-order valence-corrected chi connectivity index (χ0v) is 13.0. The van der Waals surface area contributed by atoms with E-state index in [1.54, 1.807) is 18.2 Å². The fraction of sp³-hybridized carbons (Fsp3) is 0.133. The molecule has 4 nitrogen and oxygen atoms in total. The molecule has 0 unspecified atom stereocenters. The molecule has 2 heterocycles. The first-order valence-electron chi connectivity index (χ1n) is 6.37. The van der Waals surface area contributed by atoms with E-state index in [1.165, 1.54) is 0 Å². The third kappa shape index (κ3) is 2.64. The molecule has 0 atom stereocenters. The second kappa shape index (κ2) is 5.47. The molecular weight excluding hydrogens is 307 g/mol. The van der Waals surface area contributed by atoms with Crippen LogP contribution in [0.2, 0.25) is 10.0 Å². The van der Waals surface area contributed by atoms with Gasteiger partial charge < -0.3 is 0 Å². The third-order valence-electron chi connectivity index (χ3n) is 3.11. The molecule has 0 amide bonds. The molecule has 0 saturated heterocycles. The summed E-state index contributed by atoms with van der Waals surface area (Å²) >= 11 is 12.2. The first kappa shape index (κ1) is 14.0. The normalized spacial score (nSPS) is 11.6. The van der Waals surface area contributed by atoms with Crippen LogP contribution in [0, 0.1) is 13.8 Å². The summed E-state index contributed by atoms with van der Waals surface area (Å²) in [5.41, 5.74) is 3.24. The lowest BCUT2D eigenvalue weighted by Crippen LogP contribution is -1.84. The van der Waals surface area contributed by atoms with Crippen LogP contribution < -0.4 is 0 Å². The molecule has 0 saturated carbocycles. The number of halogens is 2. The van der Waals surface area contributed by atoms with Gasteiger partial charge in [-0.15, -0.1) is 10.2 Å². The molecule has 3 rings (SSSR count). The molecule has 106 valence electrons. The number of benzene rings is 1. The molecule has 6 heteroatoms. The van der Waals surface area contributed by atoms with E-state index in [0.717, 1.165) is 16.9 Å². The van der Waals surface area contributed by atoms with Crippen LogP contribution in [0.5, 0.6) is 0 Å². The highest BCUT2D eigenvalue weighted by atomic mass is 35.5. The number of hydrogen-bond acceptors (Lipinski definition) is 3. The van der Waals surface area contributed by atoms with Gasteiger partial charge in [-0.3, -0.25) is 4.40 Å². The Bertz CT molecular complexity index is 832. The van der Waals surface area contributed by atoms with Crippen LogP contribution in [-0.2, 0) is 0 Å². The number of aryl methyl sites for hydroxylation is 2. The number of azo groups is 1. The van der Waals surface area contributed by atoms with Gasteiger partial charge >= 0.3 is 0 Å². The molecule has 0 aliphatic carbocycles. The van der Waals surface area contributed by atoms with Crippen molar-refractivity contribution < 1.29 is 0 Å². The average molecular weight is 319 g/mol. The molecule has 0 N–H and O–H groups in total. The Balaban J connectivity index is 2.10. The first-order valence-corrected chi connectivity index (χ1v) is 7.13. The number of pyridine rings is 1. The summed E-state index contributed by atoms with van der Waals surface area (Å²) in [6.45, 7) is 3.92. The fourth-order valence-electron chi connectivity index (χ4n) is 2.05. The lowest BCUT2D eigenvalue weighted by atomic mass is 10.3. The highest BCUT2D eigenvalue weighted by Gasteiger charge is 2.09. The summed E-state index contributed by atoms with van der Waals surface area (Å²) in [5.74, 6) is 0.668. The van der Waals surface area contributed by atoms with Crippen molar-refractivity contribution in [2.75, 3.05) is 0 Å². The van der Waals surface area contributed by atoms with Gasteiger partial charge in [-0.1, -0.05) is 29.3 Å². The van der Waals surface area contributed by atoms with Crippen LogP contribution in [-0.4, -0.2) is 9.38 Å². The average Bonchev–Trinajstić information content (AvgIpc) is 2.73. The Morgan fingerprint density at radius 2 is 1.76 bits per heavy atom. The van der Waals surface area contributed by atoms with Crippen molar-refractivity contribution >= 4 is 40.4 Å². The first-order chi connectivity index (χ1) is 10.1. The number of aromatic nitrogens is 2. The molecular formula is C15H12Cl2N4. The molecule has 0 spiro atoms. The number of nitrogens with zero attached hydrogens (tertiary/aromatic N) is 4. The van der Waals surface area contributed by atoms with Crippen molar-refractivity contribution in [2.45, 2.75) is 13.8 Å². The number of fused-ring (bicyclic) bond motifs is 1. The van der Waals surface area contributed by atoms with Crippen molar-refractivity contribution in [2.24, 2.45) is 10.2 Å². The van der Waals surface area contributed by atoms with Gasteiger partial charge in [0.25, 0.3) is 0 Å². The minimum absolute atomic E-state index is 0.460. The van der Waals surface area contributed by atoms with Gasteiger partial charge in [-0.2, -0.15) is 0 Å². The van der Waals surface area contributed by atoms with Crippen LogP contribution in [0.25, 0.3) is 5.65 Å². The van der Waals surface area contributed by atoms with Gasteiger partial charge in [0.15, 0.2) is 5.82 Å². The number of rotatable bonds is 2. The topological polar surface area (TPSA) is 42.0 Å². The Morgan fingerprint density at radius 3 is 2.48 bits per heavy atom. The summed E-state index contributed by atoms with van der Waals surface area (Å²) < 4.78 is 1.89. The maximum Gasteiger partial charge on any atom is 0.182 e. The fourth-order valence-corrected chi connectivity index (χ4v) is 2.53. The summed E-state index contributed by atoms with van der Waals surface area (Å²) in [6, 6.07) is 9.22. The molecule has 3 aromatic rings. The van der Waals surface area contributed by atoms with Gasteiger partial charge in [-0.25, -0.2) is 4.98 Å². The quantitative estimate of drug-likeness (QED) is 0.561. The highest BCUT2D eigenvalue weighted by Crippen LogP contribution is 2.34. The lowest BCUT2D eigenvalue weighted by molar-refractivity contribution is 1.09. The number of hydrogen-bond donors (Lipinski definition) is 0. The van der Waals surface area contributed by atoms with Crippen molar-refractivity contribution in [3.05, 3.63) is 57.8 Å². The largest absolute Gasteiger partial charge is 0.283 e. The summed E-state index contributed by atoms with van der Waals surface area (Å²) in [5, 5.41) is 9.39. The van der Waals surface area contributed by atoms with E-state index in [4.69, 9.17) is 23.2 Å². The molecule has 2 aromatic heterocycles. The van der Waals surface area contributed by atoms with Crippen molar-refractivity contribution in [3.8, 4) is 0 Å². The van der Waals surface area contributed by atoms with Gasteiger partial charge in [0.2, 0.25) is 0 Å². The maximum absolute atomic E-state index is 6.09. The highest BCUT2D eigenvalue weighted by molar-refractivity contribution is 6.38. The monoisotopic (exact) mass is 318 g/mol. The Morgan fingerprint density at radius 1 is 1.05 bits per heavy atom.